The second kappa shape index (κ2) is 11.0. The number of ether oxygens (including phenoxy) is 1. The van der Waals surface area contributed by atoms with Crippen LogP contribution in [0.2, 0.25) is 5.02 Å². The molecule has 1 heterocycles. The van der Waals surface area contributed by atoms with Crippen molar-refractivity contribution in [2.45, 2.75) is 38.4 Å². The number of hydrogen-bond acceptors (Lipinski definition) is 4. The van der Waals surface area contributed by atoms with Crippen LogP contribution in [0.25, 0.3) is 0 Å². The molecule has 7 heteroatoms. The third-order valence-electron chi connectivity index (χ3n) is 6.82. The van der Waals surface area contributed by atoms with Crippen molar-refractivity contribution in [3.63, 3.8) is 0 Å². The number of likely N-dealkylation sites (tertiary alicyclic amines) is 1. The number of esters is 1. The number of benzene rings is 3. The quantitative estimate of drug-likeness (QED) is 0.297. The van der Waals surface area contributed by atoms with Crippen LogP contribution in [0.15, 0.2) is 66.7 Å². The zero-order valence-corrected chi connectivity index (χ0v) is 21.8. The van der Waals surface area contributed by atoms with Crippen LogP contribution in [-0.4, -0.2) is 36.2 Å². The molecule has 1 aliphatic rings. The van der Waals surface area contributed by atoms with Crippen molar-refractivity contribution in [2.24, 2.45) is 5.92 Å². The molecule has 1 saturated heterocycles. The normalized spacial score (nSPS) is 15.9. The highest BCUT2D eigenvalue weighted by molar-refractivity contribution is 6.30. The summed E-state index contributed by atoms with van der Waals surface area (Å²) in [5.41, 5.74) is 1.37. The van der Waals surface area contributed by atoms with Crippen LogP contribution in [0, 0.1) is 23.1 Å². The highest BCUT2D eigenvalue weighted by Crippen LogP contribution is 2.45. The van der Waals surface area contributed by atoms with E-state index in [4.69, 9.17) is 16.3 Å². The van der Waals surface area contributed by atoms with E-state index in [1.165, 1.54) is 19.9 Å². The van der Waals surface area contributed by atoms with Gasteiger partial charge in [-0.2, -0.15) is 5.26 Å². The second-order valence-electron chi connectivity index (χ2n) is 9.94. The van der Waals surface area contributed by atoms with E-state index in [0.29, 0.717) is 29.2 Å². The van der Waals surface area contributed by atoms with E-state index in [0.717, 1.165) is 17.2 Å². The largest absolute Gasteiger partial charge is 0.462 e. The summed E-state index contributed by atoms with van der Waals surface area (Å²) >= 11 is 6.13. The zero-order valence-electron chi connectivity index (χ0n) is 21.0. The number of hydrogen-bond donors (Lipinski definition) is 0. The van der Waals surface area contributed by atoms with Gasteiger partial charge in [-0.05, 0) is 85.8 Å². The lowest BCUT2D eigenvalue weighted by molar-refractivity contribution is 0.00804. The summed E-state index contributed by atoms with van der Waals surface area (Å²) in [5.74, 6) is -1.98. The van der Waals surface area contributed by atoms with Crippen molar-refractivity contribution >= 4 is 17.6 Å². The fourth-order valence-corrected chi connectivity index (χ4v) is 5.49. The molecule has 192 valence electrons. The molecule has 4 rings (SSSR count). The molecule has 0 spiro atoms. The van der Waals surface area contributed by atoms with Gasteiger partial charge in [-0.15, -0.1) is 0 Å². The van der Waals surface area contributed by atoms with E-state index in [-0.39, 0.29) is 24.1 Å². The Morgan fingerprint density at radius 1 is 1.11 bits per heavy atom. The number of nitriles is 1. The van der Waals surface area contributed by atoms with Crippen LogP contribution in [0.3, 0.4) is 0 Å². The zero-order chi connectivity index (χ0) is 26.7. The molecule has 0 N–H and O–H groups in total. The van der Waals surface area contributed by atoms with E-state index >= 15 is 4.39 Å². The molecule has 3 aromatic rings. The molecule has 2 atom stereocenters. The molecular formula is C30H29ClF2N2O2. The Balaban J connectivity index is 1.66. The van der Waals surface area contributed by atoms with Gasteiger partial charge < -0.3 is 4.74 Å². The summed E-state index contributed by atoms with van der Waals surface area (Å²) in [6.45, 7) is 5.92. The monoisotopic (exact) mass is 522 g/mol. The number of rotatable bonds is 8. The number of alkyl halides is 1. The molecule has 1 fully saturated rings. The molecule has 0 bridgehead atoms. The smallest absolute Gasteiger partial charge is 0.338 e. The summed E-state index contributed by atoms with van der Waals surface area (Å²) in [4.78, 5) is 14.5. The first-order chi connectivity index (χ1) is 17.6. The van der Waals surface area contributed by atoms with Gasteiger partial charge in [0.25, 0.3) is 0 Å². The Labute approximate surface area is 221 Å². The van der Waals surface area contributed by atoms with Crippen molar-refractivity contribution in [2.75, 3.05) is 19.7 Å². The molecule has 0 aromatic heterocycles. The fraction of sp³-hybridized carbons (Fsp3) is 0.333. The standard InChI is InChI=1S/C30H29ClF2N2O2/c1-4-37-29(36)23-13-22(14-26(32)15-23)27(30(2,3)33)24-17-35(18-24)28(20-8-10-25(31)11-9-20)21-7-5-6-19(12-21)16-34/h5-15,24,27-28H,4,17-18H2,1-3H3. The van der Waals surface area contributed by atoms with E-state index in [1.807, 2.05) is 42.5 Å². The first-order valence-electron chi connectivity index (χ1n) is 12.3. The van der Waals surface area contributed by atoms with Crippen molar-refractivity contribution in [1.29, 1.82) is 5.26 Å². The lowest BCUT2D eigenvalue weighted by Crippen LogP contribution is -2.53. The van der Waals surface area contributed by atoms with Gasteiger partial charge in [0.15, 0.2) is 0 Å². The van der Waals surface area contributed by atoms with Crippen LogP contribution >= 0.6 is 11.6 Å². The van der Waals surface area contributed by atoms with Gasteiger partial charge in [-0.1, -0.05) is 35.9 Å². The summed E-state index contributed by atoms with van der Waals surface area (Å²) in [6, 6.07) is 21.0. The van der Waals surface area contributed by atoms with E-state index < -0.39 is 23.4 Å². The van der Waals surface area contributed by atoms with Crippen molar-refractivity contribution in [3.8, 4) is 6.07 Å². The average Bonchev–Trinajstić information content (AvgIpc) is 2.82. The minimum Gasteiger partial charge on any atom is -0.462 e. The number of nitrogens with zero attached hydrogens (tertiary/aromatic N) is 2. The molecule has 0 saturated carbocycles. The van der Waals surface area contributed by atoms with Crippen LogP contribution in [0.1, 0.15) is 65.3 Å². The van der Waals surface area contributed by atoms with Crippen LogP contribution in [0.4, 0.5) is 8.78 Å². The van der Waals surface area contributed by atoms with Gasteiger partial charge >= 0.3 is 5.97 Å². The summed E-state index contributed by atoms with van der Waals surface area (Å²) in [6.07, 6.45) is 0. The van der Waals surface area contributed by atoms with Gasteiger partial charge in [0, 0.05) is 24.0 Å². The molecule has 0 radical (unpaired) electrons. The molecule has 0 aliphatic carbocycles. The topological polar surface area (TPSA) is 53.3 Å². The van der Waals surface area contributed by atoms with Gasteiger partial charge in [-0.25, -0.2) is 13.6 Å². The first kappa shape index (κ1) is 26.8. The summed E-state index contributed by atoms with van der Waals surface area (Å²) in [7, 11) is 0. The van der Waals surface area contributed by atoms with E-state index in [2.05, 4.69) is 11.0 Å². The Hall–Kier alpha value is -3.27. The van der Waals surface area contributed by atoms with Crippen molar-refractivity contribution in [1.82, 2.24) is 4.90 Å². The first-order valence-corrected chi connectivity index (χ1v) is 12.6. The van der Waals surface area contributed by atoms with Crippen LogP contribution in [0.5, 0.6) is 0 Å². The number of carbonyl (C=O) groups is 1. The lowest BCUT2D eigenvalue weighted by atomic mass is 9.72. The van der Waals surface area contributed by atoms with Crippen LogP contribution < -0.4 is 0 Å². The fourth-order valence-electron chi connectivity index (χ4n) is 5.36. The Morgan fingerprint density at radius 2 is 1.81 bits per heavy atom. The third kappa shape index (κ3) is 6.01. The summed E-state index contributed by atoms with van der Waals surface area (Å²) < 4.78 is 35.2. The predicted molar refractivity (Wildman–Crippen MR) is 140 cm³/mol. The minimum atomic E-state index is -1.66. The van der Waals surface area contributed by atoms with Gasteiger partial charge in [0.1, 0.15) is 11.5 Å². The molecule has 37 heavy (non-hydrogen) atoms. The second-order valence-corrected chi connectivity index (χ2v) is 10.4. The number of halogens is 3. The SMILES string of the molecule is CCOC(=O)c1cc(F)cc(C(C2CN(C(c3ccc(Cl)cc3)c3cccc(C#N)c3)C2)C(C)(C)F)c1. The number of carbonyl (C=O) groups excluding carboxylic acids is 1. The highest BCUT2D eigenvalue weighted by atomic mass is 35.5. The molecule has 2 unspecified atom stereocenters. The van der Waals surface area contributed by atoms with E-state index in [9.17, 15) is 14.4 Å². The van der Waals surface area contributed by atoms with Crippen molar-refractivity contribution < 1.29 is 18.3 Å². The molecule has 1 aliphatic heterocycles. The maximum absolute atomic E-state index is 15.6. The predicted octanol–water partition coefficient (Wildman–Crippen LogP) is 7.08. The highest BCUT2D eigenvalue weighted by Gasteiger charge is 2.45. The van der Waals surface area contributed by atoms with Gasteiger partial charge in [0.2, 0.25) is 0 Å². The Kier molecular flexibility index (Phi) is 7.96. The third-order valence-corrected chi connectivity index (χ3v) is 7.07. The van der Waals surface area contributed by atoms with Gasteiger partial charge in [0.05, 0.1) is 29.8 Å². The summed E-state index contributed by atoms with van der Waals surface area (Å²) in [5, 5.41) is 10.0. The Bertz CT molecular complexity index is 1310. The van der Waals surface area contributed by atoms with E-state index in [1.54, 1.807) is 19.1 Å². The molecular weight excluding hydrogens is 494 g/mol. The molecule has 4 nitrogen and oxygen atoms in total. The van der Waals surface area contributed by atoms with Gasteiger partial charge in [-0.3, -0.25) is 4.90 Å². The Morgan fingerprint density at radius 3 is 2.43 bits per heavy atom. The average molecular weight is 523 g/mol. The lowest BCUT2D eigenvalue weighted by Gasteiger charge is -2.50. The van der Waals surface area contributed by atoms with Crippen LogP contribution in [-0.2, 0) is 4.74 Å². The maximum atomic E-state index is 15.6. The van der Waals surface area contributed by atoms with Crippen molar-refractivity contribution in [3.05, 3.63) is 105 Å². The maximum Gasteiger partial charge on any atom is 0.338 e. The molecule has 0 amide bonds. The minimum absolute atomic E-state index is 0.0784. The molecule has 3 aromatic carbocycles.